The predicted octanol–water partition coefficient (Wildman–Crippen LogP) is -1.15. The van der Waals surface area contributed by atoms with Gasteiger partial charge in [0.15, 0.2) is 6.04 Å². The number of carbonyl (C=O) groups is 3. The van der Waals surface area contributed by atoms with Crippen LogP contribution in [0.2, 0.25) is 0 Å². The van der Waals surface area contributed by atoms with Crippen molar-refractivity contribution in [3.63, 3.8) is 0 Å². The first kappa shape index (κ1) is 24.0. The third kappa shape index (κ3) is 9.77. The molecule has 0 aliphatic carbocycles. The Morgan fingerprint density at radius 3 is 2.00 bits per heavy atom. The van der Waals surface area contributed by atoms with Crippen LogP contribution in [-0.2, 0) is 28.6 Å². The van der Waals surface area contributed by atoms with E-state index in [2.05, 4.69) is 14.8 Å². The van der Waals surface area contributed by atoms with Gasteiger partial charge in [-0.25, -0.2) is 4.79 Å². The van der Waals surface area contributed by atoms with E-state index in [0.29, 0.717) is 26.3 Å². The van der Waals surface area contributed by atoms with Crippen molar-refractivity contribution >= 4 is 17.8 Å². The fraction of sp³-hybridized carbons (Fsp3) is 0.786. The predicted molar refractivity (Wildman–Crippen MR) is 82.7 cm³/mol. The van der Waals surface area contributed by atoms with E-state index in [4.69, 9.17) is 9.84 Å². The lowest BCUT2D eigenvalue weighted by Crippen LogP contribution is -2.56. The standard InChI is InChI=1S/C14H21F4N3O7/c15-13(16)27-6-8(19-10(22)5-21-1-3-26-4-2-21)11(23)20-9(12(24)25)7-28-14(17)18/h8-9,13-14H,1-7H2,(H,19,22)(H,20,23)(H,24,25)/t8-,9-/m0/s1. The zero-order valence-corrected chi connectivity index (χ0v) is 14.6. The number of alkyl halides is 4. The molecule has 0 spiro atoms. The van der Waals surface area contributed by atoms with E-state index in [9.17, 15) is 31.9 Å². The molecule has 14 heteroatoms. The average molecular weight is 419 g/mol. The summed E-state index contributed by atoms with van der Waals surface area (Å²) >= 11 is 0. The van der Waals surface area contributed by atoms with Gasteiger partial charge in [-0.1, -0.05) is 0 Å². The molecule has 2 amide bonds. The van der Waals surface area contributed by atoms with Crippen LogP contribution >= 0.6 is 0 Å². The van der Waals surface area contributed by atoms with Gasteiger partial charge in [0.05, 0.1) is 33.0 Å². The van der Waals surface area contributed by atoms with Gasteiger partial charge in [0.2, 0.25) is 11.8 Å². The Bertz CT molecular complexity index is 521. The smallest absolute Gasteiger partial charge is 0.345 e. The fourth-order valence-electron chi connectivity index (χ4n) is 2.17. The number of morpholine rings is 1. The lowest BCUT2D eigenvalue weighted by Gasteiger charge is -2.27. The van der Waals surface area contributed by atoms with E-state index >= 15 is 0 Å². The minimum Gasteiger partial charge on any atom is -0.480 e. The molecular weight excluding hydrogens is 398 g/mol. The summed E-state index contributed by atoms with van der Waals surface area (Å²) < 4.78 is 61.6. The number of ether oxygens (including phenoxy) is 3. The van der Waals surface area contributed by atoms with Gasteiger partial charge in [0, 0.05) is 13.1 Å². The number of carboxylic acid groups (broad SMARTS) is 1. The van der Waals surface area contributed by atoms with Crippen molar-refractivity contribution in [1.82, 2.24) is 15.5 Å². The first-order valence-electron chi connectivity index (χ1n) is 8.11. The Morgan fingerprint density at radius 2 is 1.50 bits per heavy atom. The molecule has 0 unspecified atom stereocenters. The summed E-state index contributed by atoms with van der Waals surface area (Å²) in [6.07, 6.45) is 0. The molecule has 3 N–H and O–H groups in total. The van der Waals surface area contributed by atoms with Crippen molar-refractivity contribution < 1.29 is 51.3 Å². The Morgan fingerprint density at radius 1 is 0.964 bits per heavy atom. The number of hydrogen-bond acceptors (Lipinski definition) is 7. The summed E-state index contributed by atoms with van der Waals surface area (Å²) in [7, 11) is 0. The monoisotopic (exact) mass is 419 g/mol. The van der Waals surface area contributed by atoms with Crippen molar-refractivity contribution in [1.29, 1.82) is 0 Å². The van der Waals surface area contributed by atoms with Crippen LogP contribution < -0.4 is 10.6 Å². The molecule has 0 aromatic heterocycles. The molecule has 1 rings (SSSR count). The number of rotatable bonds is 12. The molecule has 28 heavy (non-hydrogen) atoms. The molecule has 1 fully saturated rings. The molecule has 0 radical (unpaired) electrons. The molecular formula is C14H21F4N3O7. The molecule has 0 aromatic rings. The van der Waals surface area contributed by atoms with Crippen LogP contribution in [0.1, 0.15) is 0 Å². The zero-order chi connectivity index (χ0) is 21.1. The maximum atomic E-state index is 12.3. The van der Waals surface area contributed by atoms with E-state index in [-0.39, 0.29) is 6.54 Å². The van der Waals surface area contributed by atoms with Crippen LogP contribution in [-0.4, -0.2) is 99.2 Å². The topological polar surface area (TPSA) is 126 Å². The van der Waals surface area contributed by atoms with Crippen molar-refractivity contribution in [2.45, 2.75) is 25.3 Å². The number of carboxylic acids is 1. The van der Waals surface area contributed by atoms with Gasteiger partial charge in [-0.05, 0) is 0 Å². The number of carbonyl (C=O) groups excluding carboxylic acids is 2. The molecule has 0 aromatic carbocycles. The Labute approximate surface area is 157 Å². The van der Waals surface area contributed by atoms with E-state index in [0.717, 1.165) is 0 Å². The van der Waals surface area contributed by atoms with E-state index in [1.807, 2.05) is 5.32 Å². The average Bonchev–Trinajstić information content (AvgIpc) is 2.62. The van der Waals surface area contributed by atoms with Gasteiger partial charge in [-0.15, -0.1) is 0 Å². The highest BCUT2D eigenvalue weighted by atomic mass is 19.3. The molecule has 1 heterocycles. The van der Waals surface area contributed by atoms with Gasteiger partial charge in [-0.3, -0.25) is 14.5 Å². The highest BCUT2D eigenvalue weighted by molar-refractivity contribution is 5.91. The third-order valence-corrected chi connectivity index (χ3v) is 3.51. The van der Waals surface area contributed by atoms with Gasteiger partial charge in [0.25, 0.3) is 0 Å². The minimum absolute atomic E-state index is 0.154. The number of aliphatic carboxylic acids is 1. The first-order valence-corrected chi connectivity index (χ1v) is 8.11. The van der Waals surface area contributed by atoms with Crippen LogP contribution in [0.5, 0.6) is 0 Å². The molecule has 0 bridgehead atoms. The van der Waals surface area contributed by atoms with Gasteiger partial charge < -0.3 is 30.0 Å². The molecule has 1 saturated heterocycles. The highest BCUT2D eigenvalue weighted by Crippen LogP contribution is 2.01. The summed E-state index contributed by atoms with van der Waals surface area (Å²) in [5, 5.41) is 12.9. The maximum Gasteiger partial charge on any atom is 0.345 e. The SMILES string of the molecule is O=C(CN1CCOCC1)N[C@@H](COC(F)F)C(=O)N[C@@H](COC(F)F)C(=O)O. The lowest BCUT2D eigenvalue weighted by molar-refractivity contribution is -0.159. The van der Waals surface area contributed by atoms with E-state index in [1.165, 1.54) is 0 Å². The number of amides is 2. The van der Waals surface area contributed by atoms with E-state index < -0.39 is 56.3 Å². The Balaban J connectivity index is 2.67. The molecule has 1 aliphatic heterocycles. The lowest BCUT2D eigenvalue weighted by atomic mass is 10.2. The summed E-state index contributed by atoms with van der Waals surface area (Å²) in [6, 6.07) is -3.55. The quantitative estimate of drug-likeness (QED) is 0.339. The number of nitrogens with one attached hydrogen (secondary N) is 2. The Kier molecular flexibility index (Phi) is 10.7. The summed E-state index contributed by atoms with van der Waals surface area (Å²) in [4.78, 5) is 36.9. The second-order valence-electron chi connectivity index (χ2n) is 5.60. The molecule has 0 saturated carbocycles. The van der Waals surface area contributed by atoms with Crippen LogP contribution in [0.25, 0.3) is 0 Å². The summed E-state index contributed by atoms with van der Waals surface area (Å²) in [6.45, 7) is -7.00. The molecule has 10 nitrogen and oxygen atoms in total. The van der Waals surface area contributed by atoms with Crippen molar-refractivity contribution in [2.75, 3.05) is 46.1 Å². The fourth-order valence-corrected chi connectivity index (χ4v) is 2.17. The zero-order valence-electron chi connectivity index (χ0n) is 14.6. The second-order valence-corrected chi connectivity index (χ2v) is 5.60. The molecule has 162 valence electrons. The summed E-state index contributed by atoms with van der Waals surface area (Å²) in [5.74, 6) is -3.60. The van der Waals surface area contributed by atoms with Crippen molar-refractivity contribution in [3.8, 4) is 0 Å². The highest BCUT2D eigenvalue weighted by Gasteiger charge is 2.29. The number of nitrogens with zero attached hydrogens (tertiary/aromatic N) is 1. The Hall–Kier alpha value is -2.03. The van der Waals surface area contributed by atoms with Crippen molar-refractivity contribution in [2.24, 2.45) is 0 Å². The van der Waals surface area contributed by atoms with Crippen LogP contribution in [0.4, 0.5) is 17.6 Å². The summed E-state index contributed by atoms with van der Waals surface area (Å²) in [5.41, 5.74) is 0. The van der Waals surface area contributed by atoms with Crippen molar-refractivity contribution in [3.05, 3.63) is 0 Å². The molecule has 2 atom stereocenters. The maximum absolute atomic E-state index is 12.3. The van der Waals surface area contributed by atoms with Gasteiger partial charge >= 0.3 is 19.2 Å². The third-order valence-electron chi connectivity index (χ3n) is 3.51. The minimum atomic E-state index is -3.27. The van der Waals surface area contributed by atoms with Gasteiger partial charge in [-0.2, -0.15) is 17.6 Å². The molecule has 1 aliphatic rings. The normalized spacial score (nSPS) is 17.4. The number of halogens is 4. The van der Waals surface area contributed by atoms with Crippen LogP contribution in [0, 0.1) is 0 Å². The number of hydrogen-bond donors (Lipinski definition) is 3. The largest absolute Gasteiger partial charge is 0.480 e. The van der Waals surface area contributed by atoms with Crippen LogP contribution in [0.3, 0.4) is 0 Å². The van der Waals surface area contributed by atoms with E-state index in [1.54, 1.807) is 4.90 Å². The van der Waals surface area contributed by atoms with Crippen LogP contribution in [0.15, 0.2) is 0 Å². The first-order chi connectivity index (χ1) is 13.2. The second kappa shape index (κ2) is 12.4. The van der Waals surface area contributed by atoms with Gasteiger partial charge in [0.1, 0.15) is 6.04 Å².